The molecule has 1 N–H and O–H groups in total. The van der Waals surface area contributed by atoms with Gasteiger partial charge in [-0.25, -0.2) is 9.18 Å². The summed E-state index contributed by atoms with van der Waals surface area (Å²) < 4.78 is 19.9. The van der Waals surface area contributed by atoms with E-state index >= 15 is 0 Å². The number of fused-ring (bicyclic) bond motifs is 1. The molecule has 1 unspecified atom stereocenters. The van der Waals surface area contributed by atoms with Crippen molar-refractivity contribution in [2.24, 2.45) is 0 Å². The molecular weight excluding hydrogens is 343 g/mol. The minimum absolute atomic E-state index is 0.228. The first-order valence-corrected chi connectivity index (χ1v) is 9.04. The fraction of sp³-hybridized carbons (Fsp3) is 0.318. The summed E-state index contributed by atoms with van der Waals surface area (Å²) in [4.78, 5) is 14.2. The summed E-state index contributed by atoms with van der Waals surface area (Å²) in [5.74, 6) is 0.461. The predicted molar refractivity (Wildman–Crippen MR) is 105 cm³/mol. The summed E-state index contributed by atoms with van der Waals surface area (Å²) in [6.45, 7) is 6.06. The molecule has 27 heavy (non-hydrogen) atoms. The number of carbonyl (C=O) groups excluding carboxylic acids is 1. The number of nitrogens with one attached hydrogen (secondary N) is 1. The first-order valence-electron chi connectivity index (χ1n) is 9.04. The van der Waals surface area contributed by atoms with Crippen LogP contribution < -0.4 is 5.32 Å². The Kier molecular flexibility index (Phi) is 5.22. The Bertz CT molecular complexity index is 915. The van der Waals surface area contributed by atoms with Crippen molar-refractivity contribution in [3.63, 3.8) is 0 Å². The average Bonchev–Trinajstić information content (AvgIpc) is 3.09. The lowest BCUT2D eigenvalue weighted by atomic mass is 9.84. The number of hydrogen-bond donors (Lipinski definition) is 1. The minimum Gasteiger partial charge on any atom is -0.459 e. The molecule has 3 rings (SSSR count). The van der Waals surface area contributed by atoms with Gasteiger partial charge in [0.2, 0.25) is 0 Å². The van der Waals surface area contributed by atoms with Crippen molar-refractivity contribution in [2.75, 3.05) is 13.6 Å². The first-order chi connectivity index (χ1) is 12.8. The van der Waals surface area contributed by atoms with Gasteiger partial charge in [0, 0.05) is 24.4 Å². The predicted octanol–water partition coefficient (Wildman–Crippen LogP) is 5.25. The number of furan rings is 1. The monoisotopic (exact) mass is 368 g/mol. The lowest BCUT2D eigenvalue weighted by molar-refractivity contribution is 0.185. The summed E-state index contributed by atoms with van der Waals surface area (Å²) in [7, 11) is 1.73. The normalized spacial score (nSPS) is 12.8. The van der Waals surface area contributed by atoms with E-state index < -0.39 is 5.41 Å². The Labute approximate surface area is 159 Å². The van der Waals surface area contributed by atoms with E-state index in [1.54, 1.807) is 30.1 Å². The summed E-state index contributed by atoms with van der Waals surface area (Å²) in [5.41, 5.74) is 0.858. The smallest absolute Gasteiger partial charge is 0.317 e. The Morgan fingerprint density at radius 3 is 2.56 bits per heavy atom. The molecule has 1 heterocycles. The molecule has 0 saturated heterocycles. The van der Waals surface area contributed by atoms with Gasteiger partial charge in [0.1, 0.15) is 17.2 Å². The molecule has 2 amide bonds. The standard InChI is InChI=1S/C22H25FN2O2/c1-15(20-13-16-9-5-8-12-19(16)27-20)25(4)21(26)24-14-22(2,3)17-10-6-7-11-18(17)23/h5-13,15H,14H2,1-4H3,(H,24,26). The van der Waals surface area contributed by atoms with Crippen molar-refractivity contribution in [3.8, 4) is 0 Å². The summed E-state index contributed by atoms with van der Waals surface area (Å²) in [6, 6.07) is 15.9. The van der Waals surface area contributed by atoms with Gasteiger partial charge in [0.25, 0.3) is 0 Å². The van der Waals surface area contributed by atoms with Gasteiger partial charge in [0.15, 0.2) is 0 Å². The van der Waals surface area contributed by atoms with Crippen molar-refractivity contribution in [2.45, 2.75) is 32.2 Å². The van der Waals surface area contributed by atoms with Crippen molar-refractivity contribution in [1.29, 1.82) is 0 Å². The Hall–Kier alpha value is -2.82. The van der Waals surface area contributed by atoms with Crippen molar-refractivity contribution in [3.05, 3.63) is 71.7 Å². The van der Waals surface area contributed by atoms with E-state index in [9.17, 15) is 9.18 Å². The summed E-state index contributed by atoms with van der Waals surface area (Å²) in [5, 5.41) is 3.92. The van der Waals surface area contributed by atoms with Crippen LogP contribution in [-0.2, 0) is 5.41 Å². The summed E-state index contributed by atoms with van der Waals surface area (Å²) in [6.07, 6.45) is 0. The van der Waals surface area contributed by atoms with Gasteiger partial charge >= 0.3 is 6.03 Å². The Morgan fingerprint density at radius 1 is 1.19 bits per heavy atom. The van der Waals surface area contributed by atoms with Crippen LogP contribution in [0, 0.1) is 5.82 Å². The molecule has 0 aliphatic rings. The number of carbonyl (C=O) groups is 1. The van der Waals surface area contributed by atoms with Crippen LogP contribution in [0.5, 0.6) is 0 Å². The van der Waals surface area contributed by atoms with E-state index in [-0.39, 0.29) is 17.9 Å². The molecule has 5 heteroatoms. The highest BCUT2D eigenvalue weighted by molar-refractivity contribution is 5.78. The molecule has 0 fully saturated rings. The number of halogens is 1. The van der Waals surface area contributed by atoms with Gasteiger partial charge in [-0.3, -0.25) is 0 Å². The fourth-order valence-corrected chi connectivity index (χ4v) is 3.10. The highest BCUT2D eigenvalue weighted by Crippen LogP contribution is 2.27. The maximum atomic E-state index is 14.1. The van der Waals surface area contributed by atoms with Gasteiger partial charge in [-0.15, -0.1) is 0 Å². The molecule has 1 aromatic heterocycles. The minimum atomic E-state index is -0.523. The second-order valence-electron chi connectivity index (χ2n) is 7.50. The van der Waals surface area contributed by atoms with E-state index in [1.165, 1.54) is 6.07 Å². The summed E-state index contributed by atoms with van der Waals surface area (Å²) >= 11 is 0. The molecule has 0 spiro atoms. The number of benzene rings is 2. The third-order valence-electron chi connectivity index (χ3n) is 5.04. The Balaban J connectivity index is 1.67. The number of urea groups is 1. The highest BCUT2D eigenvalue weighted by Gasteiger charge is 2.27. The van der Waals surface area contributed by atoms with Crippen LogP contribution >= 0.6 is 0 Å². The van der Waals surface area contributed by atoms with E-state index in [0.29, 0.717) is 12.1 Å². The van der Waals surface area contributed by atoms with Crippen LogP contribution in [0.2, 0.25) is 0 Å². The number of amides is 2. The van der Waals surface area contributed by atoms with Crippen LogP contribution in [0.4, 0.5) is 9.18 Å². The van der Waals surface area contributed by atoms with Gasteiger partial charge in [-0.1, -0.05) is 50.2 Å². The van der Waals surface area contributed by atoms with Crippen LogP contribution in [0.3, 0.4) is 0 Å². The SMILES string of the molecule is CC(c1cc2ccccc2o1)N(C)C(=O)NCC(C)(C)c1ccccc1F. The average molecular weight is 368 g/mol. The Morgan fingerprint density at radius 2 is 1.85 bits per heavy atom. The zero-order chi connectivity index (χ0) is 19.6. The van der Waals surface area contributed by atoms with E-state index in [2.05, 4.69) is 5.32 Å². The molecule has 0 saturated carbocycles. The second kappa shape index (κ2) is 7.43. The molecule has 4 nitrogen and oxygen atoms in total. The van der Waals surface area contributed by atoms with E-state index in [4.69, 9.17) is 4.42 Å². The zero-order valence-electron chi connectivity index (χ0n) is 16.1. The van der Waals surface area contributed by atoms with Gasteiger partial charge in [-0.05, 0) is 30.7 Å². The fourth-order valence-electron chi connectivity index (χ4n) is 3.10. The van der Waals surface area contributed by atoms with Gasteiger partial charge < -0.3 is 14.6 Å². The molecule has 1 atom stereocenters. The molecule has 0 aliphatic heterocycles. The molecule has 142 valence electrons. The van der Waals surface area contributed by atoms with Gasteiger partial charge in [0.05, 0.1) is 6.04 Å². The highest BCUT2D eigenvalue weighted by atomic mass is 19.1. The maximum absolute atomic E-state index is 14.1. The number of para-hydroxylation sites is 1. The first kappa shape index (κ1) is 19.0. The van der Waals surface area contributed by atoms with Crippen LogP contribution in [0.1, 0.15) is 38.1 Å². The van der Waals surface area contributed by atoms with Crippen LogP contribution in [-0.4, -0.2) is 24.5 Å². The molecular formula is C22H25FN2O2. The lowest BCUT2D eigenvalue weighted by Gasteiger charge is -2.29. The quantitative estimate of drug-likeness (QED) is 0.668. The molecule has 0 aliphatic carbocycles. The number of rotatable bonds is 5. The van der Waals surface area contributed by atoms with Crippen molar-refractivity contribution < 1.29 is 13.6 Å². The van der Waals surface area contributed by atoms with Crippen LogP contribution in [0.25, 0.3) is 11.0 Å². The van der Waals surface area contributed by atoms with Crippen LogP contribution in [0.15, 0.2) is 59.0 Å². The van der Waals surface area contributed by atoms with E-state index in [0.717, 1.165) is 16.7 Å². The zero-order valence-corrected chi connectivity index (χ0v) is 16.1. The lowest BCUT2D eigenvalue weighted by Crippen LogP contribution is -2.44. The number of hydrogen-bond acceptors (Lipinski definition) is 2. The second-order valence-corrected chi connectivity index (χ2v) is 7.50. The van der Waals surface area contributed by atoms with E-state index in [1.807, 2.05) is 51.1 Å². The van der Waals surface area contributed by atoms with Crippen molar-refractivity contribution >= 4 is 17.0 Å². The molecule has 0 bridgehead atoms. The third kappa shape index (κ3) is 3.97. The molecule has 3 aromatic rings. The largest absolute Gasteiger partial charge is 0.459 e. The van der Waals surface area contributed by atoms with Gasteiger partial charge in [-0.2, -0.15) is 0 Å². The molecule has 2 aromatic carbocycles. The molecule has 0 radical (unpaired) electrons. The topological polar surface area (TPSA) is 45.5 Å². The van der Waals surface area contributed by atoms with Crippen molar-refractivity contribution in [1.82, 2.24) is 10.2 Å². The maximum Gasteiger partial charge on any atom is 0.317 e. The third-order valence-corrected chi connectivity index (χ3v) is 5.04. The number of nitrogens with zero attached hydrogens (tertiary/aromatic N) is 1.